The molecule has 0 aliphatic carbocycles. The van der Waals surface area contributed by atoms with Gasteiger partial charge in [-0.2, -0.15) is 0 Å². The minimum absolute atomic E-state index is 0.161. The third-order valence-corrected chi connectivity index (χ3v) is 4.39. The van der Waals surface area contributed by atoms with E-state index in [9.17, 15) is 13.2 Å². The van der Waals surface area contributed by atoms with E-state index >= 15 is 0 Å². The Hall–Kier alpha value is -1.38. The van der Waals surface area contributed by atoms with Crippen molar-refractivity contribution in [3.63, 3.8) is 0 Å². The Morgan fingerprint density at radius 2 is 2.11 bits per heavy atom. The number of carboxylic acid groups (broad SMARTS) is 1. The molecule has 1 aromatic rings. The molecule has 0 fully saturated rings. The molecule has 7 nitrogen and oxygen atoms in total. The summed E-state index contributed by atoms with van der Waals surface area (Å²) in [5.74, 6) is -1.78. The highest BCUT2D eigenvalue weighted by Crippen LogP contribution is 2.20. The topological polar surface area (TPSA) is 117 Å². The number of carboxylic acids is 1. The summed E-state index contributed by atoms with van der Waals surface area (Å²) in [6.07, 6.45) is 0.717. The molecule has 0 aliphatic heterocycles. The SMILES string of the molecule is CCC(C)(CCO)NS(=O)(=O)c1ccc(C(=O)O)o1. The van der Waals surface area contributed by atoms with E-state index in [-0.39, 0.29) is 13.0 Å². The number of sulfonamides is 1. The zero-order valence-electron chi connectivity index (χ0n) is 10.7. The standard InChI is InChI=1S/C11H17NO6S/c1-3-11(2,6-7-13)12-19(16,17)9-5-4-8(18-9)10(14)15/h4-5,12-13H,3,6-7H2,1-2H3,(H,14,15). The third kappa shape index (κ3) is 3.79. The number of furan rings is 1. The number of hydrogen-bond donors (Lipinski definition) is 3. The van der Waals surface area contributed by atoms with Gasteiger partial charge in [-0.3, -0.25) is 0 Å². The van der Waals surface area contributed by atoms with Crippen LogP contribution in [-0.2, 0) is 10.0 Å². The van der Waals surface area contributed by atoms with Crippen LogP contribution in [-0.4, -0.2) is 36.7 Å². The molecule has 0 saturated heterocycles. The molecule has 0 bridgehead atoms. The predicted octanol–water partition coefficient (Wildman–Crippen LogP) is 0.807. The Morgan fingerprint density at radius 3 is 2.53 bits per heavy atom. The molecule has 1 heterocycles. The fourth-order valence-electron chi connectivity index (χ4n) is 1.50. The van der Waals surface area contributed by atoms with Crippen molar-refractivity contribution >= 4 is 16.0 Å². The van der Waals surface area contributed by atoms with Crippen molar-refractivity contribution in [2.24, 2.45) is 0 Å². The number of nitrogens with one attached hydrogen (secondary N) is 1. The highest BCUT2D eigenvalue weighted by atomic mass is 32.2. The second-order valence-electron chi connectivity index (χ2n) is 4.42. The lowest BCUT2D eigenvalue weighted by Crippen LogP contribution is -2.45. The van der Waals surface area contributed by atoms with E-state index in [1.807, 2.05) is 0 Å². The molecular formula is C11H17NO6S. The first kappa shape index (κ1) is 15.7. The summed E-state index contributed by atoms with van der Waals surface area (Å²) in [7, 11) is -3.96. The molecule has 108 valence electrons. The van der Waals surface area contributed by atoms with Crippen LogP contribution in [0, 0.1) is 0 Å². The van der Waals surface area contributed by atoms with Crippen molar-refractivity contribution in [1.82, 2.24) is 4.72 Å². The first-order chi connectivity index (χ1) is 8.74. The first-order valence-electron chi connectivity index (χ1n) is 5.72. The normalized spacial score (nSPS) is 15.1. The lowest BCUT2D eigenvalue weighted by molar-refractivity contribution is 0.0656. The zero-order chi connectivity index (χ0) is 14.7. The van der Waals surface area contributed by atoms with Crippen molar-refractivity contribution in [3.05, 3.63) is 17.9 Å². The van der Waals surface area contributed by atoms with Gasteiger partial charge in [0.1, 0.15) is 0 Å². The second-order valence-corrected chi connectivity index (χ2v) is 6.03. The van der Waals surface area contributed by atoms with Gasteiger partial charge in [0.2, 0.25) is 10.9 Å². The van der Waals surface area contributed by atoms with E-state index in [1.165, 1.54) is 0 Å². The number of rotatable bonds is 7. The van der Waals surface area contributed by atoms with E-state index in [4.69, 9.17) is 14.6 Å². The van der Waals surface area contributed by atoms with Crippen molar-refractivity contribution in [2.75, 3.05) is 6.61 Å². The Labute approximate surface area is 111 Å². The van der Waals surface area contributed by atoms with E-state index in [1.54, 1.807) is 13.8 Å². The number of hydrogen-bond acceptors (Lipinski definition) is 5. The van der Waals surface area contributed by atoms with Crippen LogP contribution >= 0.6 is 0 Å². The Morgan fingerprint density at radius 1 is 1.47 bits per heavy atom. The molecule has 0 spiro atoms. The average Bonchev–Trinajstić information content (AvgIpc) is 2.78. The van der Waals surface area contributed by atoms with Crippen LogP contribution in [0.5, 0.6) is 0 Å². The summed E-state index contributed by atoms with van der Waals surface area (Å²) in [5, 5.41) is 17.2. The van der Waals surface area contributed by atoms with Gasteiger partial charge in [0, 0.05) is 12.1 Å². The van der Waals surface area contributed by atoms with Crippen LogP contribution in [0.4, 0.5) is 0 Å². The molecule has 1 rings (SSSR count). The molecule has 0 amide bonds. The lowest BCUT2D eigenvalue weighted by atomic mass is 9.97. The summed E-state index contributed by atoms with van der Waals surface area (Å²) in [4.78, 5) is 10.6. The number of aliphatic hydroxyl groups is 1. The van der Waals surface area contributed by atoms with Crippen LogP contribution in [0.3, 0.4) is 0 Å². The van der Waals surface area contributed by atoms with Gasteiger partial charge in [-0.05, 0) is 31.9 Å². The van der Waals surface area contributed by atoms with Gasteiger partial charge in [0.05, 0.1) is 0 Å². The zero-order valence-corrected chi connectivity index (χ0v) is 11.5. The Balaban J connectivity index is 3.00. The molecule has 0 aromatic carbocycles. The van der Waals surface area contributed by atoms with Crippen LogP contribution < -0.4 is 4.72 Å². The maximum Gasteiger partial charge on any atom is 0.371 e. The van der Waals surface area contributed by atoms with Crippen molar-refractivity contribution < 1.29 is 27.8 Å². The smallest absolute Gasteiger partial charge is 0.371 e. The van der Waals surface area contributed by atoms with Gasteiger partial charge in [-0.1, -0.05) is 6.92 Å². The summed E-state index contributed by atoms with van der Waals surface area (Å²) in [5.41, 5.74) is -0.816. The summed E-state index contributed by atoms with van der Waals surface area (Å²) in [6.45, 7) is 3.27. The maximum atomic E-state index is 12.0. The van der Waals surface area contributed by atoms with Crippen LogP contribution in [0.2, 0.25) is 0 Å². The summed E-state index contributed by atoms with van der Waals surface area (Å²) >= 11 is 0. The lowest BCUT2D eigenvalue weighted by Gasteiger charge is -2.27. The van der Waals surface area contributed by atoms with Crippen LogP contribution in [0.1, 0.15) is 37.2 Å². The molecule has 1 aromatic heterocycles. The van der Waals surface area contributed by atoms with Gasteiger partial charge in [0.15, 0.2) is 0 Å². The van der Waals surface area contributed by atoms with E-state index in [2.05, 4.69) is 4.72 Å². The van der Waals surface area contributed by atoms with Gasteiger partial charge >= 0.3 is 5.97 Å². The molecule has 0 saturated carbocycles. The van der Waals surface area contributed by atoms with Crippen molar-refractivity contribution in [1.29, 1.82) is 0 Å². The quantitative estimate of drug-likeness (QED) is 0.684. The monoisotopic (exact) mass is 291 g/mol. The number of carbonyl (C=O) groups is 1. The third-order valence-electron chi connectivity index (χ3n) is 2.88. The Bertz CT molecular complexity index is 549. The van der Waals surface area contributed by atoms with Crippen molar-refractivity contribution in [3.8, 4) is 0 Å². The minimum Gasteiger partial charge on any atom is -0.475 e. The highest BCUT2D eigenvalue weighted by molar-refractivity contribution is 7.89. The molecule has 8 heteroatoms. The highest BCUT2D eigenvalue weighted by Gasteiger charge is 2.31. The Kier molecular flexibility index (Phi) is 4.72. The van der Waals surface area contributed by atoms with Crippen molar-refractivity contribution in [2.45, 2.75) is 37.3 Å². The summed E-state index contributed by atoms with van der Waals surface area (Å²) < 4.78 is 31.3. The second kappa shape index (κ2) is 5.72. The maximum absolute atomic E-state index is 12.0. The minimum atomic E-state index is -3.96. The van der Waals surface area contributed by atoms with Gasteiger partial charge in [-0.15, -0.1) is 0 Å². The van der Waals surface area contributed by atoms with E-state index < -0.39 is 32.4 Å². The molecule has 1 atom stereocenters. The molecule has 1 unspecified atom stereocenters. The molecule has 0 aliphatic rings. The van der Waals surface area contributed by atoms with E-state index in [0.29, 0.717) is 6.42 Å². The molecule has 3 N–H and O–H groups in total. The van der Waals surface area contributed by atoms with E-state index in [0.717, 1.165) is 12.1 Å². The summed E-state index contributed by atoms with van der Waals surface area (Å²) in [6, 6.07) is 2.16. The first-order valence-corrected chi connectivity index (χ1v) is 7.20. The average molecular weight is 291 g/mol. The number of aromatic carboxylic acids is 1. The predicted molar refractivity (Wildman–Crippen MR) is 66.4 cm³/mol. The molecule has 0 radical (unpaired) electrons. The van der Waals surface area contributed by atoms with Gasteiger partial charge < -0.3 is 14.6 Å². The number of aliphatic hydroxyl groups excluding tert-OH is 1. The fraction of sp³-hybridized carbons (Fsp3) is 0.545. The largest absolute Gasteiger partial charge is 0.475 e. The fourth-order valence-corrected chi connectivity index (χ4v) is 2.94. The molecular weight excluding hydrogens is 274 g/mol. The molecule has 19 heavy (non-hydrogen) atoms. The van der Waals surface area contributed by atoms with Crippen LogP contribution in [0.15, 0.2) is 21.6 Å². The van der Waals surface area contributed by atoms with Gasteiger partial charge in [0.25, 0.3) is 10.0 Å². The van der Waals surface area contributed by atoms with Gasteiger partial charge in [-0.25, -0.2) is 17.9 Å². The van der Waals surface area contributed by atoms with Crippen LogP contribution in [0.25, 0.3) is 0 Å².